The monoisotopic (exact) mass is 480 g/mol. The Hall–Kier alpha value is -3.65. The van der Waals surface area contributed by atoms with Gasteiger partial charge in [-0.15, -0.1) is 0 Å². The molecule has 1 saturated heterocycles. The minimum absolute atomic E-state index is 0.00833. The Bertz CT molecular complexity index is 1190. The van der Waals surface area contributed by atoms with Crippen molar-refractivity contribution < 1.29 is 24.3 Å². The molecule has 2 N–H and O–H groups in total. The molecule has 4 rings (SSSR count). The lowest BCUT2D eigenvalue weighted by Gasteiger charge is -2.31. The van der Waals surface area contributed by atoms with Crippen LogP contribution in [0.25, 0.3) is 11.0 Å². The van der Waals surface area contributed by atoms with Crippen molar-refractivity contribution in [1.82, 2.24) is 9.64 Å². The molecule has 0 radical (unpaired) electrons. The van der Waals surface area contributed by atoms with Gasteiger partial charge in [0.05, 0.1) is 11.9 Å². The summed E-state index contributed by atoms with van der Waals surface area (Å²) in [6.07, 6.45) is 5.68. The van der Waals surface area contributed by atoms with Crippen molar-refractivity contribution in [2.75, 3.05) is 19.6 Å². The number of rotatable bonds is 8. The molecule has 0 atom stereocenters. The maximum Gasteiger partial charge on any atom is 0.328 e. The van der Waals surface area contributed by atoms with Gasteiger partial charge in [0.25, 0.3) is 5.56 Å². The minimum atomic E-state index is -1.26. The topological polar surface area (TPSA) is 113 Å². The highest BCUT2D eigenvalue weighted by Gasteiger charge is 2.20. The second kappa shape index (κ2) is 12.7. The molecule has 1 aliphatic rings. The molecule has 186 valence electrons. The van der Waals surface area contributed by atoms with Gasteiger partial charge in [-0.2, -0.15) is 4.74 Å². The summed E-state index contributed by atoms with van der Waals surface area (Å²) in [7, 11) is 0. The fraction of sp³-hybridized carbons (Fsp3) is 0.370. The fourth-order valence-corrected chi connectivity index (χ4v) is 4.21. The second-order valence-corrected chi connectivity index (χ2v) is 8.82. The van der Waals surface area contributed by atoms with Crippen LogP contribution in [-0.4, -0.2) is 51.4 Å². The van der Waals surface area contributed by atoms with E-state index < -0.39 is 11.9 Å². The first kappa shape index (κ1) is 26.0. The summed E-state index contributed by atoms with van der Waals surface area (Å²) in [5.74, 6) is -1.83. The van der Waals surface area contributed by atoms with E-state index >= 15 is 0 Å². The van der Waals surface area contributed by atoms with Crippen LogP contribution in [0.1, 0.15) is 30.4 Å². The molecule has 0 amide bonds. The molecule has 1 aromatic heterocycles. The molecule has 0 unspecified atom stereocenters. The van der Waals surface area contributed by atoms with E-state index in [0.29, 0.717) is 35.6 Å². The number of benzene rings is 2. The van der Waals surface area contributed by atoms with Crippen molar-refractivity contribution in [1.29, 1.82) is 0 Å². The summed E-state index contributed by atoms with van der Waals surface area (Å²) in [4.78, 5) is 34.2. The van der Waals surface area contributed by atoms with Crippen molar-refractivity contribution in [2.24, 2.45) is 5.92 Å². The maximum absolute atomic E-state index is 12.5. The third-order valence-electron chi connectivity index (χ3n) is 6.18. The molecule has 0 bridgehead atoms. The zero-order valence-electron chi connectivity index (χ0n) is 19.9. The van der Waals surface area contributed by atoms with E-state index in [4.69, 9.17) is 14.7 Å². The second-order valence-electron chi connectivity index (χ2n) is 8.82. The lowest BCUT2D eigenvalue weighted by molar-refractivity contribution is -0.134. The van der Waals surface area contributed by atoms with Crippen LogP contribution in [0.2, 0.25) is 0 Å². The highest BCUT2D eigenvalue weighted by molar-refractivity contribution is 5.89. The van der Waals surface area contributed by atoms with E-state index in [1.165, 1.54) is 18.4 Å². The number of fused-ring (bicyclic) bond motifs is 1. The standard InChI is InChI=1S/C23H28N2O2.C4H4O4/c1-18-7-8-22-21(17-18)23(26)25(27-22)16-12-20-10-14-24(15-11-20)13-9-19-5-3-2-4-6-19;5-3(6)1-2-4(7)8/h2-8,17,20H,9-16H2,1H3;1-2H,(H,5,6)(H,7,8)/b;2-1+. The van der Waals surface area contributed by atoms with Gasteiger partial charge in [-0.3, -0.25) is 4.79 Å². The summed E-state index contributed by atoms with van der Waals surface area (Å²) < 4.78 is 7.29. The molecular weight excluding hydrogens is 448 g/mol. The molecule has 2 aromatic carbocycles. The van der Waals surface area contributed by atoms with Crippen molar-refractivity contribution in [3.8, 4) is 0 Å². The average Bonchev–Trinajstić information content (AvgIpc) is 3.16. The molecule has 0 aliphatic carbocycles. The summed E-state index contributed by atoms with van der Waals surface area (Å²) in [5, 5.41) is 16.3. The van der Waals surface area contributed by atoms with Crippen LogP contribution in [0.5, 0.6) is 0 Å². The molecule has 0 saturated carbocycles. The van der Waals surface area contributed by atoms with Gasteiger partial charge < -0.3 is 19.6 Å². The predicted octanol–water partition coefficient (Wildman–Crippen LogP) is 3.96. The zero-order chi connectivity index (χ0) is 25.2. The van der Waals surface area contributed by atoms with Gasteiger partial charge in [0.1, 0.15) is 0 Å². The number of aromatic nitrogens is 1. The molecule has 2 heterocycles. The SMILES string of the molecule is Cc1ccc2on(CCC3CCN(CCc4ccccc4)CC3)c(=O)c2c1.O=C(O)/C=C/C(=O)O. The van der Waals surface area contributed by atoms with Gasteiger partial charge in [0.15, 0.2) is 5.58 Å². The summed E-state index contributed by atoms with van der Waals surface area (Å²) >= 11 is 0. The van der Waals surface area contributed by atoms with Gasteiger partial charge in [-0.05, 0) is 69.3 Å². The first-order valence-corrected chi connectivity index (χ1v) is 11.8. The maximum atomic E-state index is 12.5. The molecule has 1 aliphatic heterocycles. The minimum Gasteiger partial charge on any atom is -0.478 e. The quantitative estimate of drug-likeness (QED) is 0.469. The van der Waals surface area contributed by atoms with Gasteiger partial charge in [-0.1, -0.05) is 42.0 Å². The summed E-state index contributed by atoms with van der Waals surface area (Å²) in [5.41, 5.74) is 3.21. The van der Waals surface area contributed by atoms with Crippen LogP contribution in [0.4, 0.5) is 0 Å². The number of nitrogens with zero attached hydrogens (tertiary/aromatic N) is 2. The molecule has 0 spiro atoms. The number of carboxylic acid groups (broad SMARTS) is 2. The molecule has 1 fully saturated rings. The number of aryl methyl sites for hydroxylation is 2. The summed E-state index contributed by atoms with van der Waals surface area (Å²) in [6.45, 7) is 6.14. The number of hydrogen-bond acceptors (Lipinski definition) is 5. The Morgan fingerprint density at radius 3 is 2.29 bits per heavy atom. The van der Waals surface area contributed by atoms with Gasteiger partial charge >= 0.3 is 11.9 Å². The molecule has 3 aromatic rings. The van der Waals surface area contributed by atoms with Gasteiger partial charge in [-0.25, -0.2) is 9.59 Å². The predicted molar refractivity (Wildman–Crippen MR) is 134 cm³/mol. The molecular formula is C27H32N2O6. The normalized spacial score (nSPS) is 14.7. The highest BCUT2D eigenvalue weighted by atomic mass is 16.5. The first-order chi connectivity index (χ1) is 16.8. The van der Waals surface area contributed by atoms with Crippen LogP contribution in [0.15, 0.2) is 70.0 Å². The van der Waals surface area contributed by atoms with Crippen molar-refractivity contribution >= 4 is 22.9 Å². The van der Waals surface area contributed by atoms with E-state index in [2.05, 4.69) is 35.2 Å². The number of piperidine rings is 1. The Balaban J connectivity index is 0.000000371. The van der Waals surface area contributed by atoms with Crippen LogP contribution >= 0.6 is 0 Å². The van der Waals surface area contributed by atoms with E-state index in [-0.39, 0.29) is 5.56 Å². The number of likely N-dealkylation sites (tertiary alicyclic amines) is 1. The number of carboxylic acids is 2. The van der Waals surface area contributed by atoms with E-state index in [0.717, 1.165) is 38.0 Å². The Morgan fingerprint density at radius 1 is 1.00 bits per heavy atom. The largest absolute Gasteiger partial charge is 0.478 e. The van der Waals surface area contributed by atoms with Crippen molar-refractivity contribution in [3.05, 3.63) is 82.2 Å². The Labute approximate surface area is 204 Å². The molecule has 8 heteroatoms. The van der Waals surface area contributed by atoms with Crippen molar-refractivity contribution in [2.45, 2.75) is 39.2 Å². The zero-order valence-corrected chi connectivity index (χ0v) is 19.9. The highest BCUT2D eigenvalue weighted by Crippen LogP contribution is 2.22. The number of aliphatic carboxylic acids is 2. The lowest BCUT2D eigenvalue weighted by Crippen LogP contribution is -2.35. The number of hydrogen-bond donors (Lipinski definition) is 2. The van der Waals surface area contributed by atoms with Crippen LogP contribution in [0.3, 0.4) is 0 Å². The van der Waals surface area contributed by atoms with Crippen LogP contribution in [-0.2, 0) is 22.6 Å². The summed E-state index contributed by atoms with van der Waals surface area (Å²) in [6, 6.07) is 16.5. The third-order valence-corrected chi connectivity index (χ3v) is 6.18. The molecule has 35 heavy (non-hydrogen) atoms. The smallest absolute Gasteiger partial charge is 0.328 e. The Morgan fingerprint density at radius 2 is 1.66 bits per heavy atom. The van der Waals surface area contributed by atoms with E-state index in [1.54, 1.807) is 4.74 Å². The van der Waals surface area contributed by atoms with Gasteiger partial charge in [0.2, 0.25) is 0 Å². The van der Waals surface area contributed by atoms with E-state index in [1.807, 2.05) is 25.1 Å². The van der Waals surface area contributed by atoms with Crippen LogP contribution in [0, 0.1) is 12.8 Å². The van der Waals surface area contributed by atoms with E-state index in [9.17, 15) is 14.4 Å². The third kappa shape index (κ3) is 8.26. The fourth-order valence-electron chi connectivity index (χ4n) is 4.21. The first-order valence-electron chi connectivity index (χ1n) is 11.8. The average molecular weight is 481 g/mol. The van der Waals surface area contributed by atoms with Gasteiger partial charge in [0, 0.05) is 18.7 Å². The Kier molecular flexibility index (Phi) is 9.43. The van der Waals surface area contributed by atoms with Crippen LogP contribution < -0.4 is 5.56 Å². The molecule has 8 nitrogen and oxygen atoms in total. The number of carbonyl (C=O) groups is 2. The van der Waals surface area contributed by atoms with Crippen molar-refractivity contribution in [3.63, 3.8) is 0 Å². The lowest BCUT2D eigenvalue weighted by atomic mass is 9.93.